The summed E-state index contributed by atoms with van der Waals surface area (Å²) >= 11 is 0. The smallest absolute Gasteiger partial charge is 0.317 e. The fraction of sp³-hybridized carbons (Fsp3) is 0.867. The van der Waals surface area contributed by atoms with Gasteiger partial charge in [-0.2, -0.15) is 0 Å². The summed E-state index contributed by atoms with van der Waals surface area (Å²) in [4.78, 5) is 27.2. The molecule has 1 aliphatic heterocycles. The lowest BCUT2D eigenvalue weighted by molar-refractivity contribution is -0.140. The maximum absolute atomic E-state index is 10.7. The van der Waals surface area contributed by atoms with Gasteiger partial charge in [-0.3, -0.25) is 19.4 Å². The Morgan fingerprint density at radius 3 is 1.27 bits per heavy atom. The van der Waals surface area contributed by atoms with E-state index in [0.29, 0.717) is 26.2 Å². The third-order valence-electron chi connectivity index (χ3n) is 3.05. The van der Waals surface area contributed by atoms with E-state index in [0.717, 1.165) is 13.1 Å². The van der Waals surface area contributed by atoms with Crippen molar-refractivity contribution in [2.75, 3.05) is 59.4 Å². The summed E-state index contributed by atoms with van der Waals surface area (Å²) in [6.45, 7) is 12.2. The first-order valence-electron chi connectivity index (χ1n) is 8.04. The van der Waals surface area contributed by atoms with Crippen molar-refractivity contribution in [3.05, 3.63) is 0 Å². The molecule has 0 radical (unpaired) electrons. The van der Waals surface area contributed by atoms with Crippen LogP contribution in [0.15, 0.2) is 0 Å². The van der Waals surface area contributed by atoms with E-state index in [1.807, 2.05) is 44.5 Å². The molecule has 0 spiro atoms. The average molecular weight is 319 g/mol. The highest BCUT2D eigenvalue weighted by Gasteiger charge is 2.17. The third kappa shape index (κ3) is 12.6. The summed E-state index contributed by atoms with van der Waals surface area (Å²) in [6, 6.07) is 0. The van der Waals surface area contributed by atoms with Gasteiger partial charge in [-0.05, 0) is 7.05 Å². The van der Waals surface area contributed by atoms with Gasteiger partial charge in [-0.25, -0.2) is 0 Å². The van der Waals surface area contributed by atoms with Gasteiger partial charge < -0.3 is 15.1 Å². The van der Waals surface area contributed by atoms with Crippen LogP contribution >= 0.6 is 0 Å². The number of carboxylic acid groups (broad SMARTS) is 2. The second-order valence-electron chi connectivity index (χ2n) is 4.64. The molecule has 1 rings (SSSR count). The van der Waals surface area contributed by atoms with Gasteiger partial charge in [0.1, 0.15) is 0 Å². The van der Waals surface area contributed by atoms with Gasteiger partial charge in [0.15, 0.2) is 0 Å². The molecule has 0 aromatic heterocycles. The van der Waals surface area contributed by atoms with Crippen molar-refractivity contribution in [1.82, 2.24) is 14.7 Å². The zero-order valence-electron chi connectivity index (χ0n) is 14.7. The Morgan fingerprint density at radius 2 is 1.00 bits per heavy atom. The normalized spacial score (nSPS) is 17.7. The highest BCUT2D eigenvalue weighted by atomic mass is 16.4. The van der Waals surface area contributed by atoms with Crippen molar-refractivity contribution in [1.29, 1.82) is 0 Å². The monoisotopic (exact) mass is 319 g/mol. The molecular formula is C15H33N3O4. The number of hydrogen-bond acceptors (Lipinski definition) is 5. The first-order valence-corrected chi connectivity index (χ1v) is 8.04. The quantitative estimate of drug-likeness (QED) is 0.791. The molecule has 1 heterocycles. The van der Waals surface area contributed by atoms with Crippen molar-refractivity contribution in [3.8, 4) is 0 Å². The molecule has 7 heteroatoms. The number of likely N-dealkylation sites (N-methyl/N-ethyl adjacent to an activating group) is 1. The molecule has 0 saturated carbocycles. The molecule has 2 N–H and O–H groups in total. The summed E-state index contributed by atoms with van der Waals surface area (Å²) in [5, 5.41) is 17.6. The Labute approximate surface area is 134 Å². The van der Waals surface area contributed by atoms with Crippen LogP contribution in [0.25, 0.3) is 0 Å². The van der Waals surface area contributed by atoms with Crippen LogP contribution in [0.5, 0.6) is 0 Å². The lowest BCUT2D eigenvalue weighted by Crippen LogP contribution is -2.40. The van der Waals surface area contributed by atoms with E-state index < -0.39 is 11.9 Å². The fourth-order valence-electron chi connectivity index (χ4n) is 1.94. The molecule has 0 aromatic rings. The van der Waals surface area contributed by atoms with Crippen molar-refractivity contribution >= 4 is 11.9 Å². The molecule has 0 amide bonds. The van der Waals surface area contributed by atoms with Crippen LogP contribution in [-0.4, -0.2) is 96.3 Å². The maximum atomic E-state index is 10.7. The predicted octanol–water partition coefficient (Wildman–Crippen LogP) is 0.757. The topological polar surface area (TPSA) is 84.3 Å². The fourth-order valence-corrected chi connectivity index (χ4v) is 1.94. The molecule has 0 atom stereocenters. The zero-order valence-corrected chi connectivity index (χ0v) is 14.7. The minimum absolute atomic E-state index is 0.00868. The first-order chi connectivity index (χ1) is 10.5. The van der Waals surface area contributed by atoms with Gasteiger partial charge in [0.05, 0.1) is 13.1 Å². The Morgan fingerprint density at radius 1 is 0.727 bits per heavy atom. The van der Waals surface area contributed by atoms with E-state index in [4.69, 9.17) is 10.2 Å². The number of hydrogen-bond donors (Lipinski definition) is 2. The Hall–Kier alpha value is -1.18. The van der Waals surface area contributed by atoms with Crippen LogP contribution in [0, 0.1) is 0 Å². The summed E-state index contributed by atoms with van der Waals surface area (Å²) in [5.74, 6) is -1.69. The van der Waals surface area contributed by atoms with Crippen LogP contribution in [-0.2, 0) is 9.59 Å². The Bertz CT molecular complexity index is 273. The van der Waals surface area contributed by atoms with E-state index in [1.165, 1.54) is 0 Å². The zero-order chi connectivity index (χ0) is 17.5. The number of nitrogens with zero attached hydrogens (tertiary/aromatic N) is 3. The molecule has 1 fully saturated rings. The third-order valence-corrected chi connectivity index (χ3v) is 3.05. The second kappa shape index (κ2) is 14.7. The summed E-state index contributed by atoms with van der Waals surface area (Å²) in [5.41, 5.74) is 0. The van der Waals surface area contributed by atoms with Gasteiger partial charge in [0.2, 0.25) is 0 Å². The van der Waals surface area contributed by atoms with Crippen molar-refractivity contribution in [2.24, 2.45) is 0 Å². The summed E-state index contributed by atoms with van der Waals surface area (Å²) < 4.78 is 0. The predicted molar refractivity (Wildman–Crippen MR) is 88.3 cm³/mol. The summed E-state index contributed by atoms with van der Waals surface area (Å²) in [7, 11) is 1.96. The first kappa shape index (κ1) is 23.1. The highest BCUT2D eigenvalue weighted by Crippen LogP contribution is 1.99. The van der Waals surface area contributed by atoms with Crippen LogP contribution in [0.1, 0.15) is 27.7 Å². The van der Waals surface area contributed by atoms with Crippen molar-refractivity contribution < 1.29 is 19.8 Å². The number of carboxylic acids is 2. The van der Waals surface area contributed by atoms with Crippen LogP contribution in [0.3, 0.4) is 0 Å². The highest BCUT2D eigenvalue weighted by molar-refractivity contribution is 5.69. The number of carbonyl (C=O) groups is 2. The average Bonchev–Trinajstić information content (AvgIpc) is 2.56. The Kier molecular flexibility index (Phi) is 15.5. The number of aliphatic carboxylic acids is 2. The molecule has 1 saturated heterocycles. The maximum Gasteiger partial charge on any atom is 0.317 e. The lowest BCUT2D eigenvalue weighted by Gasteiger charge is -2.23. The van der Waals surface area contributed by atoms with Crippen LogP contribution in [0.4, 0.5) is 0 Å². The molecule has 0 bridgehead atoms. The molecule has 22 heavy (non-hydrogen) atoms. The van der Waals surface area contributed by atoms with E-state index in [2.05, 4.69) is 4.90 Å². The van der Waals surface area contributed by atoms with Crippen molar-refractivity contribution in [3.63, 3.8) is 0 Å². The summed E-state index contributed by atoms with van der Waals surface area (Å²) in [6.07, 6.45) is 0. The lowest BCUT2D eigenvalue weighted by atomic mass is 10.4. The van der Waals surface area contributed by atoms with E-state index in [-0.39, 0.29) is 13.1 Å². The molecule has 7 nitrogen and oxygen atoms in total. The van der Waals surface area contributed by atoms with Crippen LogP contribution in [0.2, 0.25) is 0 Å². The standard InChI is InChI=1S/C11H21N3O4.2C2H6/c1-12-2-4-13(8-10(15)16)6-7-14(5-3-12)9-11(17)18;2*1-2/h2-9H2,1H3,(H,15,16)(H,17,18);2*1-2H3. The molecule has 0 aromatic carbocycles. The van der Waals surface area contributed by atoms with Gasteiger partial charge in [0, 0.05) is 39.3 Å². The van der Waals surface area contributed by atoms with E-state index in [9.17, 15) is 9.59 Å². The largest absolute Gasteiger partial charge is 0.480 e. The van der Waals surface area contributed by atoms with E-state index >= 15 is 0 Å². The van der Waals surface area contributed by atoms with E-state index in [1.54, 1.807) is 0 Å². The van der Waals surface area contributed by atoms with Gasteiger partial charge in [-0.1, -0.05) is 27.7 Å². The van der Waals surface area contributed by atoms with Gasteiger partial charge in [0.25, 0.3) is 0 Å². The van der Waals surface area contributed by atoms with Crippen molar-refractivity contribution in [2.45, 2.75) is 27.7 Å². The number of rotatable bonds is 4. The van der Waals surface area contributed by atoms with Crippen LogP contribution < -0.4 is 0 Å². The SMILES string of the molecule is CC.CC.CN1CCN(CC(=O)O)CCN(CC(=O)O)CC1. The van der Waals surface area contributed by atoms with Gasteiger partial charge >= 0.3 is 11.9 Å². The molecule has 1 aliphatic rings. The van der Waals surface area contributed by atoms with Gasteiger partial charge in [-0.15, -0.1) is 0 Å². The molecule has 0 unspecified atom stereocenters. The molecular weight excluding hydrogens is 286 g/mol. The minimum Gasteiger partial charge on any atom is -0.480 e. The molecule has 0 aliphatic carbocycles. The minimum atomic E-state index is -0.846. The second-order valence-corrected chi connectivity index (χ2v) is 4.64. The molecule has 132 valence electrons. The Balaban J connectivity index is 0.